The quantitative estimate of drug-likeness (QED) is 0.921. The Bertz CT molecular complexity index is 736. The molecule has 0 aliphatic carbocycles. The molecule has 96 valence electrons. The van der Waals surface area contributed by atoms with E-state index in [-0.39, 0.29) is 16.4 Å². The summed E-state index contributed by atoms with van der Waals surface area (Å²) in [5.41, 5.74) is -0.177. The highest BCUT2D eigenvalue weighted by Crippen LogP contribution is 2.22. The molecule has 0 bridgehead atoms. The van der Waals surface area contributed by atoms with E-state index in [1.807, 2.05) is 0 Å². The zero-order valence-corrected chi connectivity index (χ0v) is 11.7. The summed E-state index contributed by atoms with van der Waals surface area (Å²) in [6.07, 6.45) is 1.47. The van der Waals surface area contributed by atoms with Crippen LogP contribution in [0.4, 0.5) is 0 Å². The number of carbonyl (C=O) groups is 1. The van der Waals surface area contributed by atoms with Crippen molar-refractivity contribution in [1.29, 1.82) is 0 Å². The van der Waals surface area contributed by atoms with Gasteiger partial charge in [0.25, 0.3) is 0 Å². The summed E-state index contributed by atoms with van der Waals surface area (Å²) in [5, 5.41) is 8.77. The van der Waals surface area contributed by atoms with E-state index in [0.717, 1.165) is 0 Å². The van der Waals surface area contributed by atoms with Gasteiger partial charge in [-0.1, -0.05) is 22.9 Å². The zero-order valence-electron chi connectivity index (χ0n) is 9.29. The number of sulfone groups is 1. The molecule has 0 atom stereocenters. The number of carboxylic acids is 1. The van der Waals surface area contributed by atoms with Gasteiger partial charge in [0.2, 0.25) is 0 Å². The lowest BCUT2D eigenvalue weighted by atomic mass is 10.5. The molecule has 18 heavy (non-hydrogen) atoms. The third-order valence-electron chi connectivity index (χ3n) is 2.42. The number of halogens is 1. The third-order valence-corrected chi connectivity index (χ3v) is 4.65. The zero-order chi connectivity index (χ0) is 13.5. The largest absolute Gasteiger partial charge is 0.476 e. The van der Waals surface area contributed by atoms with Gasteiger partial charge in [-0.25, -0.2) is 18.2 Å². The lowest BCUT2D eigenvalue weighted by Crippen LogP contribution is -2.12. The van der Waals surface area contributed by atoms with Crippen LogP contribution in [0.3, 0.4) is 0 Å². The summed E-state index contributed by atoms with van der Waals surface area (Å²) >= 11 is 3.22. The predicted octanol–water partition coefficient (Wildman–Crippen LogP) is 1.59. The van der Waals surface area contributed by atoms with Gasteiger partial charge in [-0.15, -0.1) is 0 Å². The number of pyridine rings is 1. The highest BCUT2D eigenvalue weighted by Gasteiger charge is 2.27. The van der Waals surface area contributed by atoms with Gasteiger partial charge in [0, 0.05) is 10.7 Å². The van der Waals surface area contributed by atoms with Crippen LogP contribution in [0.15, 0.2) is 27.8 Å². The number of carboxylic acid groups (broad SMARTS) is 1. The van der Waals surface area contributed by atoms with Gasteiger partial charge in [0.05, 0.1) is 5.75 Å². The number of rotatable bonds is 3. The van der Waals surface area contributed by atoms with E-state index in [1.165, 1.54) is 17.5 Å². The molecule has 0 aliphatic heterocycles. The molecule has 2 aromatic rings. The van der Waals surface area contributed by atoms with Crippen LogP contribution < -0.4 is 0 Å². The van der Waals surface area contributed by atoms with Crippen molar-refractivity contribution < 1.29 is 18.3 Å². The summed E-state index contributed by atoms with van der Waals surface area (Å²) in [7, 11) is -3.67. The van der Waals surface area contributed by atoms with Crippen molar-refractivity contribution in [3.63, 3.8) is 0 Å². The van der Waals surface area contributed by atoms with Gasteiger partial charge >= 0.3 is 5.97 Å². The topological polar surface area (TPSA) is 88.7 Å². The molecule has 1 N–H and O–H groups in total. The minimum absolute atomic E-state index is 0.183. The Morgan fingerprint density at radius 2 is 2.22 bits per heavy atom. The van der Waals surface area contributed by atoms with Crippen molar-refractivity contribution >= 4 is 37.4 Å². The first kappa shape index (κ1) is 13.0. The number of fused-ring (bicyclic) bond motifs is 1. The number of aromatic nitrogens is 2. The first-order valence-electron chi connectivity index (χ1n) is 5.00. The van der Waals surface area contributed by atoms with E-state index in [9.17, 15) is 13.2 Å². The van der Waals surface area contributed by atoms with Crippen LogP contribution in [0, 0.1) is 0 Å². The Morgan fingerprint density at radius 1 is 1.56 bits per heavy atom. The highest BCUT2D eigenvalue weighted by molar-refractivity contribution is 9.10. The Morgan fingerprint density at radius 3 is 2.78 bits per heavy atom. The van der Waals surface area contributed by atoms with Gasteiger partial charge in [0.1, 0.15) is 5.65 Å². The predicted molar refractivity (Wildman–Crippen MR) is 67.6 cm³/mol. The van der Waals surface area contributed by atoms with Crippen molar-refractivity contribution in [1.82, 2.24) is 9.38 Å². The Labute approximate surface area is 111 Å². The molecule has 0 aromatic carbocycles. The molecule has 0 amide bonds. The molecule has 0 unspecified atom stereocenters. The smallest absolute Gasteiger partial charge is 0.357 e. The van der Waals surface area contributed by atoms with Crippen LogP contribution >= 0.6 is 15.9 Å². The van der Waals surface area contributed by atoms with E-state index >= 15 is 0 Å². The second kappa shape index (κ2) is 4.36. The number of hydrogen-bond donors (Lipinski definition) is 1. The molecular formula is C10H9BrN2O4S. The Balaban J connectivity index is 2.92. The monoisotopic (exact) mass is 332 g/mol. The molecule has 2 aromatic heterocycles. The van der Waals surface area contributed by atoms with Crippen molar-refractivity contribution in [3.8, 4) is 0 Å². The molecule has 6 nitrogen and oxygen atoms in total. The van der Waals surface area contributed by atoms with Crippen LogP contribution in [0.2, 0.25) is 0 Å². The van der Waals surface area contributed by atoms with Gasteiger partial charge < -0.3 is 5.11 Å². The number of imidazole rings is 1. The van der Waals surface area contributed by atoms with Crippen LogP contribution in [-0.4, -0.2) is 34.6 Å². The van der Waals surface area contributed by atoms with Crippen molar-refractivity contribution in [2.45, 2.75) is 11.9 Å². The van der Waals surface area contributed by atoms with Crippen LogP contribution in [0.25, 0.3) is 5.65 Å². The molecule has 0 aliphatic rings. The molecule has 2 heterocycles. The second-order valence-electron chi connectivity index (χ2n) is 3.55. The fourth-order valence-corrected chi connectivity index (χ4v) is 3.05. The summed E-state index contributed by atoms with van der Waals surface area (Å²) in [6, 6.07) is 3.18. The average Bonchev–Trinajstić information content (AvgIpc) is 2.68. The Kier molecular flexibility index (Phi) is 3.16. The van der Waals surface area contributed by atoms with Crippen LogP contribution in [0.5, 0.6) is 0 Å². The van der Waals surface area contributed by atoms with Gasteiger partial charge in [-0.05, 0) is 12.1 Å². The van der Waals surface area contributed by atoms with Gasteiger partial charge in [-0.3, -0.25) is 4.40 Å². The van der Waals surface area contributed by atoms with E-state index < -0.39 is 21.5 Å². The SMILES string of the molecule is CCS(=O)(=O)c1c(C(=O)O)nc2cc(Br)ccn12. The Hall–Kier alpha value is -1.41. The standard InChI is InChI=1S/C10H9BrN2O4S/c1-2-18(16,17)9-8(10(14)15)12-7-5-6(11)3-4-13(7)9/h3-5H,2H2,1H3,(H,14,15). The van der Waals surface area contributed by atoms with E-state index in [1.54, 1.807) is 12.1 Å². The second-order valence-corrected chi connectivity index (χ2v) is 6.66. The molecule has 0 saturated heterocycles. The summed E-state index contributed by atoms with van der Waals surface area (Å²) in [5.74, 6) is -1.54. The highest BCUT2D eigenvalue weighted by atomic mass is 79.9. The van der Waals surface area contributed by atoms with E-state index in [2.05, 4.69) is 20.9 Å². The number of aromatic carboxylic acids is 1. The first-order chi connectivity index (χ1) is 8.36. The summed E-state index contributed by atoms with van der Waals surface area (Å²) in [6.45, 7) is 1.46. The first-order valence-corrected chi connectivity index (χ1v) is 7.45. The molecule has 0 saturated carbocycles. The lowest BCUT2D eigenvalue weighted by molar-refractivity contribution is 0.0686. The average molecular weight is 333 g/mol. The maximum Gasteiger partial charge on any atom is 0.357 e. The molecular weight excluding hydrogens is 324 g/mol. The molecule has 0 spiro atoms. The maximum absolute atomic E-state index is 12.0. The summed E-state index contributed by atoms with van der Waals surface area (Å²) in [4.78, 5) is 14.9. The minimum atomic E-state index is -3.67. The fraction of sp³-hybridized carbons (Fsp3) is 0.200. The van der Waals surface area contributed by atoms with Gasteiger partial charge in [0.15, 0.2) is 20.6 Å². The molecule has 2 rings (SSSR count). The summed E-state index contributed by atoms with van der Waals surface area (Å²) < 4.78 is 25.9. The van der Waals surface area contributed by atoms with Gasteiger partial charge in [-0.2, -0.15) is 0 Å². The lowest BCUT2D eigenvalue weighted by Gasteiger charge is -2.02. The van der Waals surface area contributed by atoms with Crippen molar-refractivity contribution in [3.05, 3.63) is 28.5 Å². The normalized spacial score (nSPS) is 11.9. The molecule has 0 radical (unpaired) electrons. The van der Waals surface area contributed by atoms with Crippen LogP contribution in [0.1, 0.15) is 17.4 Å². The maximum atomic E-state index is 12.0. The minimum Gasteiger partial charge on any atom is -0.476 e. The van der Waals surface area contributed by atoms with Crippen molar-refractivity contribution in [2.75, 3.05) is 5.75 Å². The van der Waals surface area contributed by atoms with Crippen molar-refractivity contribution in [2.24, 2.45) is 0 Å². The van der Waals surface area contributed by atoms with Crippen LogP contribution in [-0.2, 0) is 9.84 Å². The van der Waals surface area contributed by atoms with E-state index in [0.29, 0.717) is 4.47 Å². The third kappa shape index (κ3) is 2.01. The van der Waals surface area contributed by atoms with E-state index in [4.69, 9.17) is 5.11 Å². The number of nitrogens with zero attached hydrogens (tertiary/aromatic N) is 2. The number of hydrogen-bond acceptors (Lipinski definition) is 4. The molecule has 8 heteroatoms. The molecule has 0 fully saturated rings. The fourth-order valence-electron chi connectivity index (χ4n) is 1.57.